The van der Waals surface area contributed by atoms with Crippen molar-refractivity contribution in [3.63, 3.8) is 0 Å². The van der Waals surface area contributed by atoms with Crippen LogP contribution in [0.1, 0.15) is 6.42 Å². The molecule has 0 spiro atoms. The first-order chi connectivity index (χ1) is 15.1. The number of nitrogens with zero attached hydrogens (tertiary/aromatic N) is 6. The van der Waals surface area contributed by atoms with Crippen molar-refractivity contribution in [3.8, 4) is 11.8 Å². The zero-order valence-corrected chi connectivity index (χ0v) is 17.9. The topological polar surface area (TPSA) is 94.6 Å². The van der Waals surface area contributed by atoms with Crippen molar-refractivity contribution in [2.45, 2.75) is 28.9 Å². The summed E-state index contributed by atoms with van der Waals surface area (Å²) in [5.41, 5.74) is -0.456. The normalized spacial score (nSPS) is 22.1. The predicted octanol–water partition coefficient (Wildman–Crippen LogP) is 2.97. The van der Waals surface area contributed by atoms with Crippen LogP contribution in [-0.4, -0.2) is 64.9 Å². The second-order valence-electron chi connectivity index (χ2n) is 7.15. The van der Waals surface area contributed by atoms with Gasteiger partial charge >= 0.3 is 6.18 Å². The van der Waals surface area contributed by atoms with Crippen LogP contribution < -0.4 is 0 Å². The number of imidazole rings is 1. The number of aromatic nitrogens is 2. The number of hydrogen-bond donors (Lipinski definition) is 0. The fourth-order valence-corrected chi connectivity index (χ4v) is 5.95. The standard InChI is InChI=1S/C19H16ClF3N6O2S/c20-15-9-13(27-8-6-25-12-27)1-2-16(15)32(30,31)14-4-7-28(11-14)29-17(19(21,22)23)3-5-26-18(29)10-24/h1-3,5-6,8-9,12,14,18H,4,7,11H2/t14-,18?/m0/s1. The van der Waals surface area contributed by atoms with Gasteiger partial charge in [0.2, 0.25) is 6.17 Å². The number of hydrogen-bond acceptors (Lipinski definition) is 7. The molecular formula is C19H16ClF3N6O2S. The summed E-state index contributed by atoms with van der Waals surface area (Å²) < 4.78 is 68.6. The van der Waals surface area contributed by atoms with Crippen LogP contribution in [0.4, 0.5) is 13.2 Å². The van der Waals surface area contributed by atoms with Crippen LogP contribution in [0.15, 0.2) is 58.6 Å². The number of sulfone groups is 1. The Kier molecular flexibility index (Phi) is 5.74. The summed E-state index contributed by atoms with van der Waals surface area (Å²) >= 11 is 6.27. The van der Waals surface area contributed by atoms with Crippen molar-refractivity contribution in [1.29, 1.82) is 5.26 Å². The molecule has 2 atom stereocenters. The molecule has 168 valence electrons. The maximum absolute atomic E-state index is 13.5. The molecule has 0 saturated carbocycles. The zero-order valence-electron chi connectivity index (χ0n) is 16.3. The summed E-state index contributed by atoms with van der Waals surface area (Å²) in [7, 11) is -3.95. The first kappa shape index (κ1) is 22.3. The maximum atomic E-state index is 13.5. The monoisotopic (exact) mass is 484 g/mol. The van der Waals surface area contributed by atoms with E-state index in [1.165, 1.54) is 23.5 Å². The number of benzene rings is 1. The summed E-state index contributed by atoms with van der Waals surface area (Å²) in [6.45, 7) is -0.223. The van der Waals surface area contributed by atoms with Gasteiger partial charge in [0.05, 0.1) is 21.5 Å². The molecule has 1 fully saturated rings. The van der Waals surface area contributed by atoms with Crippen LogP contribution in [0, 0.1) is 11.3 Å². The fourth-order valence-electron chi connectivity index (χ4n) is 3.72. The fraction of sp³-hybridized carbons (Fsp3) is 0.316. The Morgan fingerprint density at radius 1 is 1.28 bits per heavy atom. The van der Waals surface area contributed by atoms with E-state index in [1.54, 1.807) is 29.1 Å². The highest BCUT2D eigenvalue weighted by atomic mass is 35.5. The van der Waals surface area contributed by atoms with E-state index in [0.29, 0.717) is 5.69 Å². The van der Waals surface area contributed by atoms with Gasteiger partial charge in [-0.05, 0) is 30.7 Å². The number of hydrazine groups is 1. The molecule has 3 heterocycles. The molecule has 1 aromatic heterocycles. The van der Waals surface area contributed by atoms with E-state index < -0.39 is 33.1 Å². The minimum atomic E-state index is -4.73. The largest absolute Gasteiger partial charge is 0.432 e. The molecule has 1 aromatic carbocycles. The van der Waals surface area contributed by atoms with Gasteiger partial charge in [-0.2, -0.15) is 18.4 Å². The van der Waals surface area contributed by atoms with Gasteiger partial charge in [0.15, 0.2) is 9.84 Å². The molecule has 8 nitrogen and oxygen atoms in total. The van der Waals surface area contributed by atoms with Crippen LogP contribution in [0.5, 0.6) is 0 Å². The van der Waals surface area contributed by atoms with E-state index >= 15 is 0 Å². The number of halogens is 4. The predicted molar refractivity (Wildman–Crippen MR) is 110 cm³/mol. The minimum Gasteiger partial charge on any atom is -0.306 e. The lowest BCUT2D eigenvalue weighted by molar-refractivity contribution is -0.142. The Balaban J connectivity index is 1.59. The Morgan fingerprint density at radius 2 is 2.06 bits per heavy atom. The minimum absolute atomic E-state index is 0.00278. The van der Waals surface area contributed by atoms with Crippen LogP contribution in [0.25, 0.3) is 5.69 Å². The molecule has 0 bridgehead atoms. The van der Waals surface area contributed by atoms with Crippen molar-refractivity contribution in [2.24, 2.45) is 4.99 Å². The van der Waals surface area contributed by atoms with Crippen molar-refractivity contribution < 1.29 is 21.6 Å². The van der Waals surface area contributed by atoms with Gasteiger partial charge < -0.3 is 4.57 Å². The third-order valence-corrected chi connectivity index (χ3v) is 7.89. The molecule has 0 radical (unpaired) electrons. The molecule has 0 aliphatic carbocycles. The second-order valence-corrected chi connectivity index (χ2v) is 9.75. The van der Waals surface area contributed by atoms with Gasteiger partial charge in [-0.3, -0.25) is 10.0 Å². The molecule has 32 heavy (non-hydrogen) atoms. The van der Waals surface area contributed by atoms with Gasteiger partial charge in [-0.25, -0.2) is 18.4 Å². The number of rotatable bonds is 4. The molecule has 0 N–H and O–H groups in total. The first-order valence-corrected chi connectivity index (χ1v) is 11.3. The highest BCUT2D eigenvalue weighted by Crippen LogP contribution is 2.36. The lowest BCUT2D eigenvalue weighted by atomic mass is 10.3. The highest BCUT2D eigenvalue weighted by Gasteiger charge is 2.47. The summed E-state index contributed by atoms with van der Waals surface area (Å²) in [6, 6.07) is 6.15. The van der Waals surface area contributed by atoms with E-state index in [-0.39, 0.29) is 29.4 Å². The lowest BCUT2D eigenvalue weighted by Crippen LogP contribution is -2.50. The summed E-state index contributed by atoms with van der Waals surface area (Å²) in [5, 5.41) is 10.2. The van der Waals surface area contributed by atoms with Gasteiger partial charge in [0.25, 0.3) is 0 Å². The number of nitriles is 1. The molecule has 2 aliphatic rings. The Bertz CT molecular complexity index is 1220. The van der Waals surface area contributed by atoms with Crippen molar-refractivity contribution in [1.82, 2.24) is 19.6 Å². The quantitative estimate of drug-likeness (QED) is 0.662. The van der Waals surface area contributed by atoms with Crippen molar-refractivity contribution in [3.05, 3.63) is 53.7 Å². The van der Waals surface area contributed by atoms with E-state index in [4.69, 9.17) is 11.6 Å². The van der Waals surface area contributed by atoms with Gasteiger partial charge in [0, 0.05) is 37.4 Å². The molecule has 2 aliphatic heterocycles. The summed E-state index contributed by atoms with van der Waals surface area (Å²) in [6.07, 6.45) is 0.377. The number of aliphatic imine (C=N–C) groups is 1. The van der Waals surface area contributed by atoms with Gasteiger partial charge in [-0.1, -0.05) is 11.6 Å². The van der Waals surface area contributed by atoms with Crippen molar-refractivity contribution in [2.75, 3.05) is 13.1 Å². The number of alkyl halides is 3. The van der Waals surface area contributed by atoms with Crippen LogP contribution in [0.2, 0.25) is 5.02 Å². The zero-order chi connectivity index (χ0) is 23.1. The van der Waals surface area contributed by atoms with Crippen LogP contribution >= 0.6 is 11.6 Å². The maximum Gasteiger partial charge on any atom is 0.432 e. The Hall–Kier alpha value is -2.88. The van der Waals surface area contributed by atoms with E-state index in [9.17, 15) is 26.9 Å². The number of allylic oxidation sites excluding steroid dienone is 2. The van der Waals surface area contributed by atoms with Gasteiger partial charge in [0.1, 0.15) is 11.8 Å². The summed E-state index contributed by atoms with van der Waals surface area (Å²) in [5.74, 6) is 0. The van der Waals surface area contributed by atoms with Crippen molar-refractivity contribution >= 4 is 27.7 Å². The SMILES string of the molecule is N#CC1N=CC=C(C(F)(F)F)N1N1CC[C@H](S(=O)(=O)c2ccc(-n3ccnc3)cc2Cl)C1. The first-order valence-electron chi connectivity index (χ1n) is 9.39. The lowest BCUT2D eigenvalue weighted by Gasteiger charge is -2.38. The Morgan fingerprint density at radius 3 is 2.69 bits per heavy atom. The molecule has 4 rings (SSSR count). The van der Waals surface area contributed by atoms with Crippen LogP contribution in [-0.2, 0) is 9.84 Å². The van der Waals surface area contributed by atoms with Crippen LogP contribution in [0.3, 0.4) is 0 Å². The van der Waals surface area contributed by atoms with Gasteiger partial charge in [-0.15, -0.1) is 0 Å². The summed E-state index contributed by atoms with van der Waals surface area (Å²) in [4.78, 5) is 7.60. The third kappa shape index (κ3) is 3.99. The smallest absolute Gasteiger partial charge is 0.306 e. The van der Waals surface area contributed by atoms with E-state index in [0.717, 1.165) is 17.3 Å². The van der Waals surface area contributed by atoms with E-state index in [1.807, 2.05) is 0 Å². The molecule has 0 amide bonds. The third-order valence-electron chi connectivity index (χ3n) is 5.24. The molecule has 1 saturated heterocycles. The molecule has 1 unspecified atom stereocenters. The van der Waals surface area contributed by atoms with E-state index in [2.05, 4.69) is 9.98 Å². The highest BCUT2D eigenvalue weighted by molar-refractivity contribution is 7.92. The Labute approximate surface area is 186 Å². The average molecular weight is 485 g/mol. The second kappa shape index (κ2) is 8.23. The molecule has 13 heteroatoms. The molecule has 2 aromatic rings. The average Bonchev–Trinajstić information content (AvgIpc) is 3.44. The molecular weight excluding hydrogens is 469 g/mol.